The molecule has 0 spiro atoms. The first-order valence-electron chi connectivity index (χ1n) is 5.88. The SMILES string of the molecule is C1CCC(NCC2COCCO2)CC1. The summed E-state index contributed by atoms with van der Waals surface area (Å²) in [4.78, 5) is 0. The van der Waals surface area contributed by atoms with Gasteiger partial charge in [0.2, 0.25) is 0 Å². The Morgan fingerprint density at radius 2 is 1.93 bits per heavy atom. The van der Waals surface area contributed by atoms with Crippen molar-refractivity contribution in [1.29, 1.82) is 0 Å². The first-order chi connectivity index (χ1) is 6.95. The Hall–Kier alpha value is -0.120. The second kappa shape index (κ2) is 5.69. The van der Waals surface area contributed by atoms with Gasteiger partial charge in [0.1, 0.15) is 0 Å². The lowest BCUT2D eigenvalue weighted by molar-refractivity contribution is -0.0872. The minimum atomic E-state index is 0.283. The number of ether oxygens (including phenoxy) is 2. The van der Waals surface area contributed by atoms with Gasteiger partial charge in [-0.15, -0.1) is 0 Å². The van der Waals surface area contributed by atoms with Gasteiger partial charge in [-0.05, 0) is 12.8 Å². The second-order valence-electron chi connectivity index (χ2n) is 4.31. The average Bonchev–Trinajstić information content (AvgIpc) is 2.29. The lowest BCUT2D eigenvalue weighted by Crippen LogP contribution is -2.42. The normalized spacial score (nSPS) is 30.4. The Bertz CT molecular complexity index is 133. The van der Waals surface area contributed by atoms with Crippen molar-refractivity contribution in [3.05, 3.63) is 0 Å². The Morgan fingerprint density at radius 3 is 2.64 bits per heavy atom. The molecule has 0 radical (unpaired) electrons. The van der Waals surface area contributed by atoms with Crippen molar-refractivity contribution in [1.82, 2.24) is 5.32 Å². The van der Waals surface area contributed by atoms with Crippen LogP contribution in [0.1, 0.15) is 32.1 Å². The fourth-order valence-electron chi connectivity index (χ4n) is 2.26. The molecule has 14 heavy (non-hydrogen) atoms. The maximum absolute atomic E-state index is 5.58. The third kappa shape index (κ3) is 3.23. The van der Waals surface area contributed by atoms with Crippen LogP contribution >= 0.6 is 0 Å². The summed E-state index contributed by atoms with van der Waals surface area (Å²) in [7, 11) is 0. The summed E-state index contributed by atoms with van der Waals surface area (Å²) in [5.41, 5.74) is 0. The number of hydrogen-bond donors (Lipinski definition) is 1. The Balaban J connectivity index is 1.60. The zero-order chi connectivity index (χ0) is 9.64. The molecule has 0 aromatic rings. The first kappa shape index (κ1) is 10.4. The van der Waals surface area contributed by atoms with E-state index < -0.39 is 0 Å². The van der Waals surface area contributed by atoms with E-state index in [9.17, 15) is 0 Å². The lowest BCUT2D eigenvalue weighted by atomic mass is 9.95. The van der Waals surface area contributed by atoms with Crippen molar-refractivity contribution in [2.45, 2.75) is 44.2 Å². The largest absolute Gasteiger partial charge is 0.376 e. The van der Waals surface area contributed by atoms with Gasteiger partial charge < -0.3 is 14.8 Å². The van der Waals surface area contributed by atoms with Crippen molar-refractivity contribution in [2.75, 3.05) is 26.4 Å². The smallest absolute Gasteiger partial charge is 0.0933 e. The Morgan fingerprint density at radius 1 is 1.07 bits per heavy atom. The van der Waals surface area contributed by atoms with E-state index in [1.165, 1.54) is 32.1 Å². The van der Waals surface area contributed by atoms with Crippen LogP contribution in [0.2, 0.25) is 0 Å². The highest BCUT2D eigenvalue weighted by molar-refractivity contribution is 4.74. The Labute approximate surface area is 86.2 Å². The van der Waals surface area contributed by atoms with Crippen LogP contribution in [-0.4, -0.2) is 38.5 Å². The molecule has 1 unspecified atom stereocenters. The summed E-state index contributed by atoms with van der Waals surface area (Å²) in [5, 5.41) is 3.59. The standard InChI is InChI=1S/C11H21NO2/c1-2-4-10(5-3-1)12-8-11-9-13-6-7-14-11/h10-12H,1-9H2. The number of nitrogens with one attached hydrogen (secondary N) is 1. The van der Waals surface area contributed by atoms with Crippen LogP contribution in [0.3, 0.4) is 0 Å². The van der Waals surface area contributed by atoms with Crippen LogP contribution in [0.25, 0.3) is 0 Å². The summed E-state index contributed by atoms with van der Waals surface area (Å²) in [6.45, 7) is 3.25. The molecule has 3 nitrogen and oxygen atoms in total. The van der Waals surface area contributed by atoms with Crippen molar-refractivity contribution in [2.24, 2.45) is 0 Å². The molecular weight excluding hydrogens is 178 g/mol. The molecule has 1 N–H and O–H groups in total. The molecule has 1 heterocycles. The van der Waals surface area contributed by atoms with Crippen LogP contribution in [0.4, 0.5) is 0 Å². The number of hydrogen-bond acceptors (Lipinski definition) is 3. The fraction of sp³-hybridized carbons (Fsp3) is 1.00. The minimum Gasteiger partial charge on any atom is -0.376 e. The molecule has 0 amide bonds. The van der Waals surface area contributed by atoms with E-state index in [1.54, 1.807) is 0 Å². The van der Waals surface area contributed by atoms with Crippen molar-refractivity contribution in [3.63, 3.8) is 0 Å². The second-order valence-corrected chi connectivity index (χ2v) is 4.31. The monoisotopic (exact) mass is 199 g/mol. The van der Waals surface area contributed by atoms with Gasteiger partial charge >= 0.3 is 0 Å². The molecule has 0 aromatic carbocycles. The van der Waals surface area contributed by atoms with E-state index in [1.807, 2.05) is 0 Å². The molecule has 3 heteroatoms. The van der Waals surface area contributed by atoms with E-state index in [0.29, 0.717) is 0 Å². The zero-order valence-electron chi connectivity index (χ0n) is 8.84. The van der Waals surface area contributed by atoms with Gasteiger partial charge in [0, 0.05) is 12.6 Å². The summed E-state index contributed by atoms with van der Waals surface area (Å²) in [6, 6.07) is 0.731. The summed E-state index contributed by atoms with van der Waals surface area (Å²) in [5.74, 6) is 0. The van der Waals surface area contributed by atoms with E-state index in [-0.39, 0.29) is 6.10 Å². The molecule has 1 saturated heterocycles. The summed E-state index contributed by atoms with van der Waals surface area (Å²) >= 11 is 0. The van der Waals surface area contributed by atoms with Gasteiger partial charge in [-0.25, -0.2) is 0 Å². The molecule has 2 fully saturated rings. The van der Waals surface area contributed by atoms with Crippen LogP contribution in [0, 0.1) is 0 Å². The molecule has 2 aliphatic rings. The van der Waals surface area contributed by atoms with E-state index in [2.05, 4.69) is 5.32 Å². The molecule has 1 saturated carbocycles. The summed E-state index contributed by atoms with van der Waals surface area (Å²) in [6.07, 6.45) is 7.16. The zero-order valence-corrected chi connectivity index (χ0v) is 8.84. The quantitative estimate of drug-likeness (QED) is 0.743. The molecule has 1 atom stereocenters. The maximum atomic E-state index is 5.58. The number of rotatable bonds is 3. The fourth-order valence-corrected chi connectivity index (χ4v) is 2.26. The lowest BCUT2D eigenvalue weighted by Gasteiger charge is -2.27. The molecule has 0 bridgehead atoms. The highest BCUT2D eigenvalue weighted by Crippen LogP contribution is 2.17. The average molecular weight is 199 g/mol. The van der Waals surface area contributed by atoms with Crippen LogP contribution in [0.15, 0.2) is 0 Å². The van der Waals surface area contributed by atoms with E-state index >= 15 is 0 Å². The third-order valence-corrected chi connectivity index (χ3v) is 3.12. The first-order valence-corrected chi connectivity index (χ1v) is 5.88. The molecular formula is C11H21NO2. The van der Waals surface area contributed by atoms with Crippen molar-refractivity contribution >= 4 is 0 Å². The van der Waals surface area contributed by atoms with E-state index in [4.69, 9.17) is 9.47 Å². The topological polar surface area (TPSA) is 30.5 Å². The van der Waals surface area contributed by atoms with Crippen molar-refractivity contribution in [3.8, 4) is 0 Å². The van der Waals surface area contributed by atoms with Crippen LogP contribution in [0.5, 0.6) is 0 Å². The molecule has 1 aliphatic carbocycles. The van der Waals surface area contributed by atoms with Crippen LogP contribution in [-0.2, 0) is 9.47 Å². The molecule has 82 valence electrons. The van der Waals surface area contributed by atoms with Crippen LogP contribution < -0.4 is 5.32 Å². The van der Waals surface area contributed by atoms with Crippen molar-refractivity contribution < 1.29 is 9.47 Å². The van der Waals surface area contributed by atoms with Gasteiger partial charge in [-0.3, -0.25) is 0 Å². The third-order valence-electron chi connectivity index (χ3n) is 3.12. The van der Waals surface area contributed by atoms with Gasteiger partial charge in [0.15, 0.2) is 0 Å². The Kier molecular flexibility index (Phi) is 4.22. The van der Waals surface area contributed by atoms with Gasteiger partial charge in [0.25, 0.3) is 0 Å². The molecule has 0 aromatic heterocycles. The van der Waals surface area contributed by atoms with E-state index in [0.717, 1.165) is 32.4 Å². The predicted octanol–water partition coefficient (Wildman–Crippen LogP) is 1.32. The summed E-state index contributed by atoms with van der Waals surface area (Å²) < 4.78 is 10.9. The van der Waals surface area contributed by atoms with Gasteiger partial charge in [0.05, 0.1) is 25.9 Å². The van der Waals surface area contributed by atoms with Gasteiger partial charge in [-0.2, -0.15) is 0 Å². The molecule has 1 aliphatic heterocycles. The van der Waals surface area contributed by atoms with Gasteiger partial charge in [-0.1, -0.05) is 19.3 Å². The highest BCUT2D eigenvalue weighted by atomic mass is 16.6. The molecule has 2 rings (SSSR count). The highest BCUT2D eigenvalue weighted by Gasteiger charge is 2.17. The predicted molar refractivity (Wildman–Crippen MR) is 55.4 cm³/mol. The minimum absolute atomic E-state index is 0.283. The maximum Gasteiger partial charge on any atom is 0.0933 e.